The summed E-state index contributed by atoms with van der Waals surface area (Å²) in [6.45, 7) is 0. The van der Waals surface area contributed by atoms with Gasteiger partial charge in [0.05, 0.1) is 10.3 Å². The molecule has 1 aliphatic heterocycles. The highest BCUT2D eigenvalue weighted by Crippen LogP contribution is 2.34. The van der Waals surface area contributed by atoms with Gasteiger partial charge >= 0.3 is 7.62 Å². The molecule has 5 nitrogen and oxygen atoms in total. The highest BCUT2D eigenvalue weighted by atomic mass is 32.2. The zero-order valence-electron chi connectivity index (χ0n) is 9.74. The van der Waals surface area contributed by atoms with Gasteiger partial charge in [0.25, 0.3) is 0 Å². The van der Waals surface area contributed by atoms with Gasteiger partial charge < -0.3 is 14.3 Å². The number of anilines is 1. The molecule has 1 aromatic carbocycles. The SMILES string of the molecule is CO[B]N1C(CC=O)=CS(=O)(=O)c2ccccc21. The maximum Gasteiger partial charge on any atom is 0.443 e. The second-order valence-electron chi connectivity index (χ2n) is 3.70. The van der Waals surface area contributed by atoms with Crippen LogP contribution < -0.4 is 4.81 Å². The lowest BCUT2D eigenvalue weighted by Gasteiger charge is -2.30. The van der Waals surface area contributed by atoms with E-state index in [9.17, 15) is 13.2 Å². The van der Waals surface area contributed by atoms with E-state index in [0.717, 1.165) is 5.41 Å². The molecule has 1 radical (unpaired) electrons. The molecule has 1 aliphatic rings. The minimum Gasteiger partial charge on any atom is -0.422 e. The normalized spacial score (nSPS) is 16.7. The Balaban J connectivity index is 2.59. The number of carbonyl (C=O) groups is 1. The van der Waals surface area contributed by atoms with E-state index in [1.54, 1.807) is 23.0 Å². The summed E-state index contributed by atoms with van der Waals surface area (Å²) in [5.41, 5.74) is 0.851. The van der Waals surface area contributed by atoms with Crippen molar-refractivity contribution < 1.29 is 17.9 Å². The van der Waals surface area contributed by atoms with Crippen molar-refractivity contribution in [1.82, 2.24) is 0 Å². The summed E-state index contributed by atoms with van der Waals surface area (Å²) in [6, 6.07) is 6.57. The van der Waals surface area contributed by atoms with Crippen LogP contribution in [-0.4, -0.2) is 29.4 Å². The van der Waals surface area contributed by atoms with Gasteiger partial charge in [0.15, 0.2) is 0 Å². The summed E-state index contributed by atoms with van der Waals surface area (Å²) in [4.78, 5) is 12.4. The largest absolute Gasteiger partial charge is 0.443 e. The quantitative estimate of drug-likeness (QED) is 0.597. The lowest BCUT2D eigenvalue weighted by atomic mass is 10.1. The molecule has 0 unspecified atom stereocenters. The van der Waals surface area contributed by atoms with Crippen molar-refractivity contribution >= 4 is 29.4 Å². The first-order valence-corrected chi connectivity index (χ1v) is 6.78. The number of fused-ring (bicyclic) bond motifs is 1. The van der Waals surface area contributed by atoms with Crippen LogP contribution in [0.2, 0.25) is 0 Å². The molecule has 2 rings (SSSR count). The lowest BCUT2D eigenvalue weighted by molar-refractivity contribution is -0.107. The Hall–Kier alpha value is -1.60. The van der Waals surface area contributed by atoms with E-state index >= 15 is 0 Å². The molecule has 0 amide bonds. The van der Waals surface area contributed by atoms with Gasteiger partial charge in [-0.25, -0.2) is 8.42 Å². The Morgan fingerprint density at radius 2 is 2.11 bits per heavy atom. The molecular weight excluding hydrogens is 253 g/mol. The van der Waals surface area contributed by atoms with Crippen LogP contribution in [-0.2, 0) is 19.3 Å². The first-order valence-electron chi connectivity index (χ1n) is 5.24. The monoisotopic (exact) mass is 264 g/mol. The van der Waals surface area contributed by atoms with Gasteiger partial charge in [0, 0.05) is 24.9 Å². The third kappa shape index (κ3) is 2.19. The average Bonchev–Trinajstić information content (AvgIpc) is 2.34. The summed E-state index contributed by atoms with van der Waals surface area (Å²) < 4.78 is 29.0. The average molecular weight is 264 g/mol. The molecule has 0 atom stereocenters. The topological polar surface area (TPSA) is 63.7 Å². The predicted octanol–water partition coefficient (Wildman–Crippen LogP) is 0.891. The van der Waals surface area contributed by atoms with Crippen LogP contribution in [0.1, 0.15) is 6.42 Å². The molecule has 0 spiro atoms. The minimum absolute atomic E-state index is 0.00737. The van der Waals surface area contributed by atoms with Crippen molar-refractivity contribution in [1.29, 1.82) is 0 Å². The van der Waals surface area contributed by atoms with Gasteiger partial charge in [-0.2, -0.15) is 0 Å². The van der Waals surface area contributed by atoms with Gasteiger partial charge in [-0.05, 0) is 12.1 Å². The Morgan fingerprint density at radius 3 is 2.78 bits per heavy atom. The van der Waals surface area contributed by atoms with E-state index in [2.05, 4.69) is 0 Å². The van der Waals surface area contributed by atoms with Gasteiger partial charge in [0.2, 0.25) is 9.84 Å². The molecule has 7 heteroatoms. The van der Waals surface area contributed by atoms with Crippen LogP contribution >= 0.6 is 0 Å². The van der Waals surface area contributed by atoms with Gasteiger partial charge in [-0.15, -0.1) is 0 Å². The van der Waals surface area contributed by atoms with Crippen molar-refractivity contribution in [2.45, 2.75) is 11.3 Å². The van der Waals surface area contributed by atoms with Crippen molar-refractivity contribution in [3.63, 3.8) is 0 Å². The van der Waals surface area contributed by atoms with Crippen molar-refractivity contribution in [3.8, 4) is 0 Å². The van der Waals surface area contributed by atoms with Crippen LogP contribution in [0, 0.1) is 0 Å². The van der Waals surface area contributed by atoms with Crippen LogP contribution in [0.5, 0.6) is 0 Å². The Bertz CT molecular complexity index is 597. The number of nitrogens with zero attached hydrogens (tertiary/aromatic N) is 1. The minimum atomic E-state index is -3.50. The first kappa shape index (κ1) is 12.9. The summed E-state index contributed by atoms with van der Waals surface area (Å²) >= 11 is 0. The number of para-hydroxylation sites is 1. The maximum atomic E-state index is 12.0. The third-order valence-electron chi connectivity index (χ3n) is 2.54. The molecule has 0 aromatic heterocycles. The summed E-state index contributed by atoms with van der Waals surface area (Å²) in [7, 11) is -0.662. The Kier molecular flexibility index (Phi) is 3.54. The summed E-state index contributed by atoms with van der Waals surface area (Å²) in [5, 5.41) is 1.10. The molecule has 0 saturated heterocycles. The number of benzene rings is 1. The molecule has 0 N–H and O–H groups in total. The fourth-order valence-electron chi connectivity index (χ4n) is 1.81. The molecule has 18 heavy (non-hydrogen) atoms. The fraction of sp³-hybridized carbons (Fsp3) is 0.182. The second kappa shape index (κ2) is 4.95. The lowest BCUT2D eigenvalue weighted by Crippen LogP contribution is -2.33. The number of rotatable bonds is 4. The van der Waals surface area contributed by atoms with E-state index in [4.69, 9.17) is 4.65 Å². The maximum absolute atomic E-state index is 12.0. The van der Waals surface area contributed by atoms with Gasteiger partial charge in [-0.3, -0.25) is 0 Å². The van der Waals surface area contributed by atoms with E-state index in [0.29, 0.717) is 17.7 Å². The van der Waals surface area contributed by atoms with Gasteiger partial charge in [-0.1, -0.05) is 12.1 Å². The highest BCUT2D eigenvalue weighted by Gasteiger charge is 2.29. The van der Waals surface area contributed by atoms with Crippen molar-refractivity contribution in [2.24, 2.45) is 0 Å². The molecule has 1 aromatic rings. The third-order valence-corrected chi connectivity index (χ3v) is 4.08. The second-order valence-corrected chi connectivity index (χ2v) is 5.47. The molecule has 93 valence electrons. The number of hydrogen-bond donors (Lipinski definition) is 0. The van der Waals surface area contributed by atoms with E-state index in [-0.39, 0.29) is 11.3 Å². The van der Waals surface area contributed by atoms with E-state index in [1.165, 1.54) is 20.8 Å². The first-order chi connectivity index (χ1) is 8.60. The van der Waals surface area contributed by atoms with Crippen LogP contribution in [0.25, 0.3) is 0 Å². The molecule has 0 saturated carbocycles. The highest BCUT2D eigenvalue weighted by molar-refractivity contribution is 7.94. The smallest absolute Gasteiger partial charge is 0.422 e. The summed E-state index contributed by atoms with van der Waals surface area (Å²) in [6.07, 6.45) is 0.666. The van der Waals surface area contributed by atoms with Crippen molar-refractivity contribution in [2.75, 3.05) is 11.9 Å². The Labute approximate surface area is 106 Å². The zero-order valence-corrected chi connectivity index (χ0v) is 10.6. The molecule has 1 heterocycles. The molecule has 0 fully saturated rings. The number of aldehydes is 1. The zero-order chi connectivity index (χ0) is 13.2. The molecule has 0 aliphatic carbocycles. The van der Waals surface area contributed by atoms with Crippen molar-refractivity contribution in [3.05, 3.63) is 35.4 Å². The number of sulfone groups is 1. The number of carbonyl (C=O) groups excluding carboxylic acids is 1. The standard InChI is InChI=1S/C11H11BNO4S/c1-17-12-13-9(6-7-14)8-18(15,16)11-5-3-2-4-10(11)13/h2-5,7-8H,6H2,1H3. The molecular formula is C11H11BNO4S. The summed E-state index contributed by atoms with van der Waals surface area (Å²) in [5.74, 6) is 0. The number of allylic oxidation sites excluding steroid dienone is 1. The van der Waals surface area contributed by atoms with E-state index < -0.39 is 9.84 Å². The molecule has 0 bridgehead atoms. The Morgan fingerprint density at radius 1 is 1.39 bits per heavy atom. The van der Waals surface area contributed by atoms with Crippen LogP contribution in [0.4, 0.5) is 5.69 Å². The fourth-order valence-corrected chi connectivity index (χ4v) is 3.23. The number of hydrogen-bond acceptors (Lipinski definition) is 5. The van der Waals surface area contributed by atoms with Crippen LogP contribution in [0.3, 0.4) is 0 Å². The van der Waals surface area contributed by atoms with Gasteiger partial charge in [0.1, 0.15) is 6.29 Å². The van der Waals surface area contributed by atoms with Crippen LogP contribution in [0.15, 0.2) is 40.3 Å². The predicted molar refractivity (Wildman–Crippen MR) is 67.6 cm³/mol. The van der Waals surface area contributed by atoms with E-state index in [1.807, 2.05) is 0 Å².